The maximum atomic E-state index is 13.5. The maximum Gasteiger partial charge on any atom is 0.264 e. The van der Waals surface area contributed by atoms with E-state index in [1.807, 2.05) is 55.7 Å². The molecule has 0 fully saturated rings. The van der Waals surface area contributed by atoms with E-state index in [-0.39, 0.29) is 4.90 Å². The van der Waals surface area contributed by atoms with E-state index in [9.17, 15) is 13.2 Å². The lowest BCUT2D eigenvalue weighted by molar-refractivity contribution is -0.119. The number of anilines is 1. The number of halogens is 1. The number of aromatic nitrogens is 1. The first-order valence-electron chi connectivity index (χ1n) is 12.1. The summed E-state index contributed by atoms with van der Waals surface area (Å²) < 4.78 is 35.3. The van der Waals surface area contributed by atoms with Crippen LogP contribution in [-0.4, -0.2) is 38.8 Å². The summed E-state index contributed by atoms with van der Waals surface area (Å²) in [5.74, 6) is -0.0347. The van der Waals surface area contributed by atoms with Crippen molar-refractivity contribution in [1.82, 2.24) is 9.99 Å². The molecule has 0 atom stereocenters. The molecule has 0 aliphatic carbocycles. The van der Waals surface area contributed by atoms with Gasteiger partial charge in [0.05, 0.1) is 34.6 Å². The summed E-state index contributed by atoms with van der Waals surface area (Å²) in [4.78, 5) is 13.0. The van der Waals surface area contributed by atoms with E-state index in [1.54, 1.807) is 36.4 Å². The van der Waals surface area contributed by atoms with Crippen LogP contribution in [0.1, 0.15) is 22.5 Å². The third-order valence-electron chi connectivity index (χ3n) is 6.21. The molecule has 4 rings (SSSR count). The molecule has 1 N–H and O–H groups in total. The summed E-state index contributed by atoms with van der Waals surface area (Å²) in [5.41, 5.74) is 7.16. The highest BCUT2D eigenvalue weighted by molar-refractivity contribution is 7.92. The minimum atomic E-state index is -4.04. The number of nitrogens with one attached hydrogen (secondary N) is 1. The molecule has 0 saturated carbocycles. The monoisotopic (exact) mass is 564 g/mol. The number of aryl methyl sites for hydroxylation is 2. The highest BCUT2D eigenvalue weighted by Crippen LogP contribution is 2.27. The zero-order valence-electron chi connectivity index (χ0n) is 22.1. The summed E-state index contributed by atoms with van der Waals surface area (Å²) in [6.45, 7) is 5.28. The average molecular weight is 565 g/mol. The number of ether oxygens (including phenoxy) is 1. The van der Waals surface area contributed by atoms with Gasteiger partial charge in [-0.15, -0.1) is 0 Å². The minimum Gasteiger partial charge on any atom is -0.497 e. The van der Waals surface area contributed by atoms with Gasteiger partial charge in [-0.1, -0.05) is 41.4 Å². The highest BCUT2D eigenvalue weighted by Gasteiger charge is 2.27. The van der Waals surface area contributed by atoms with Gasteiger partial charge in [-0.05, 0) is 75.4 Å². The SMILES string of the molecule is COc1ccc(N(CC(=O)N/N=C/c2cc(C)n(-c3ccccc3Cl)c2C)S(=O)(=O)c2ccc(C)cc2)cc1. The van der Waals surface area contributed by atoms with Gasteiger partial charge in [0.25, 0.3) is 15.9 Å². The molecule has 10 heteroatoms. The fourth-order valence-corrected chi connectivity index (χ4v) is 5.80. The number of sulfonamides is 1. The summed E-state index contributed by atoms with van der Waals surface area (Å²) >= 11 is 6.39. The zero-order chi connectivity index (χ0) is 28.2. The minimum absolute atomic E-state index is 0.0761. The van der Waals surface area contributed by atoms with Gasteiger partial charge in [0.15, 0.2) is 0 Å². The topological polar surface area (TPSA) is 93.0 Å². The summed E-state index contributed by atoms with van der Waals surface area (Å²) in [6.07, 6.45) is 1.53. The van der Waals surface area contributed by atoms with Crippen LogP contribution in [0.15, 0.2) is 88.9 Å². The summed E-state index contributed by atoms with van der Waals surface area (Å²) in [5, 5.41) is 4.72. The number of para-hydroxylation sites is 1. The van der Waals surface area contributed by atoms with E-state index in [4.69, 9.17) is 16.3 Å². The van der Waals surface area contributed by atoms with E-state index in [1.165, 1.54) is 25.5 Å². The Hall–Kier alpha value is -4.08. The normalized spacial score (nSPS) is 11.5. The third-order valence-corrected chi connectivity index (χ3v) is 8.32. The maximum absolute atomic E-state index is 13.5. The Bertz CT molecular complexity index is 1610. The lowest BCUT2D eigenvalue weighted by Crippen LogP contribution is -2.39. The van der Waals surface area contributed by atoms with Crippen LogP contribution in [0.4, 0.5) is 5.69 Å². The molecule has 0 aliphatic heterocycles. The largest absolute Gasteiger partial charge is 0.497 e. The van der Waals surface area contributed by atoms with Crippen molar-refractivity contribution in [2.45, 2.75) is 25.7 Å². The number of carbonyl (C=O) groups excluding carboxylic acids is 1. The molecule has 39 heavy (non-hydrogen) atoms. The molecular weight excluding hydrogens is 536 g/mol. The number of nitrogens with zero attached hydrogens (tertiary/aromatic N) is 3. The second-order valence-electron chi connectivity index (χ2n) is 8.93. The lowest BCUT2D eigenvalue weighted by atomic mass is 10.2. The molecule has 1 amide bonds. The molecule has 202 valence electrons. The first-order valence-corrected chi connectivity index (χ1v) is 13.9. The summed E-state index contributed by atoms with van der Waals surface area (Å²) in [6, 6.07) is 22.4. The van der Waals surface area contributed by atoms with Crippen LogP contribution in [0.25, 0.3) is 5.69 Å². The Kier molecular flexibility index (Phi) is 8.42. The molecule has 0 unspecified atom stereocenters. The molecular formula is C29H29ClN4O4S. The van der Waals surface area contributed by atoms with E-state index < -0.39 is 22.5 Å². The Morgan fingerprint density at radius 2 is 1.69 bits per heavy atom. The molecule has 4 aromatic rings. The van der Waals surface area contributed by atoms with Gasteiger partial charge in [0, 0.05) is 17.0 Å². The van der Waals surface area contributed by atoms with Crippen LogP contribution >= 0.6 is 11.6 Å². The van der Waals surface area contributed by atoms with Crippen LogP contribution in [0.3, 0.4) is 0 Å². The van der Waals surface area contributed by atoms with E-state index in [2.05, 4.69) is 10.5 Å². The Labute approximate surface area is 233 Å². The Morgan fingerprint density at radius 1 is 1.03 bits per heavy atom. The lowest BCUT2D eigenvalue weighted by Gasteiger charge is -2.24. The average Bonchev–Trinajstić information content (AvgIpc) is 3.20. The number of amides is 1. The van der Waals surface area contributed by atoms with Crippen LogP contribution in [-0.2, 0) is 14.8 Å². The van der Waals surface area contributed by atoms with Crippen molar-refractivity contribution < 1.29 is 17.9 Å². The fraction of sp³-hybridized carbons (Fsp3) is 0.172. The highest BCUT2D eigenvalue weighted by atomic mass is 35.5. The quantitative estimate of drug-likeness (QED) is 0.217. The van der Waals surface area contributed by atoms with Crippen LogP contribution in [0.2, 0.25) is 5.02 Å². The number of hydrazone groups is 1. The molecule has 0 spiro atoms. The first kappa shape index (κ1) is 27.9. The van der Waals surface area contributed by atoms with Crippen molar-refractivity contribution in [3.05, 3.63) is 106 Å². The number of rotatable bonds is 9. The smallest absolute Gasteiger partial charge is 0.264 e. The standard InChI is InChI=1S/C29H29ClN4O4S/c1-20-9-15-26(16-10-20)39(36,37)33(24-11-13-25(38-4)14-12-24)19-29(35)32-31-18-23-17-21(2)34(22(23)3)28-8-6-5-7-27(28)30/h5-18H,19H2,1-4H3,(H,32,35)/b31-18+. The molecule has 3 aromatic carbocycles. The van der Waals surface area contributed by atoms with Crippen molar-refractivity contribution in [3.8, 4) is 11.4 Å². The zero-order valence-corrected chi connectivity index (χ0v) is 23.6. The van der Waals surface area contributed by atoms with E-state index in [0.29, 0.717) is 16.5 Å². The predicted octanol–water partition coefficient (Wildman–Crippen LogP) is 5.41. The summed E-state index contributed by atoms with van der Waals surface area (Å²) in [7, 11) is -2.52. The van der Waals surface area contributed by atoms with Crippen molar-refractivity contribution in [1.29, 1.82) is 0 Å². The molecule has 1 heterocycles. The van der Waals surface area contributed by atoms with Gasteiger partial charge >= 0.3 is 0 Å². The van der Waals surface area contributed by atoms with Gasteiger partial charge in [0.2, 0.25) is 0 Å². The van der Waals surface area contributed by atoms with Gasteiger partial charge in [-0.25, -0.2) is 13.8 Å². The third kappa shape index (κ3) is 6.16. The fourth-order valence-electron chi connectivity index (χ4n) is 4.16. The molecule has 1 aromatic heterocycles. The predicted molar refractivity (Wildman–Crippen MR) is 155 cm³/mol. The van der Waals surface area contributed by atoms with Gasteiger partial charge < -0.3 is 9.30 Å². The molecule has 0 bridgehead atoms. The Morgan fingerprint density at radius 3 is 2.33 bits per heavy atom. The van der Waals surface area contributed by atoms with E-state index >= 15 is 0 Å². The van der Waals surface area contributed by atoms with Crippen molar-refractivity contribution in [2.24, 2.45) is 5.10 Å². The number of hydrogen-bond donors (Lipinski definition) is 1. The second-order valence-corrected chi connectivity index (χ2v) is 11.2. The first-order chi connectivity index (χ1) is 18.6. The van der Waals surface area contributed by atoms with Crippen molar-refractivity contribution in [3.63, 3.8) is 0 Å². The molecule has 8 nitrogen and oxygen atoms in total. The number of methoxy groups -OCH3 is 1. The number of benzene rings is 3. The molecule has 0 radical (unpaired) electrons. The second kappa shape index (κ2) is 11.8. The van der Waals surface area contributed by atoms with Crippen molar-refractivity contribution in [2.75, 3.05) is 18.0 Å². The molecule has 0 saturated heterocycles. The number of hydrogen-bond acceptors (Lipinski definition) is 5. The van der Waals surface area contributed by atoms with Crippen LogP contribution < -0.4 is 14.5 Å². The van der Waals surface area contributed by atoms with Gasteiger partial charge in [-0.2, -0.15) is 5.10 Å². The van der Waals surface area contributed by atoms with E-state index in [0.717, 1.165) is 32.5 Å². The Balaban J connectivity index is 1.56. The molecule has 0 aliphatic rings. The number of carbonyl (C=O) groups is 1. The van der Waals surface area contributed by atoms with Gasteiger partial charge in [0.1, 0.15) is 12.3 Å². The van der Waals surface area contributed by atoms with Crippen LogP contribution in [0.5, 0.6) is 5.75 Å². The van der Waals surface area contributed by atoms with Crippen LogP contribution in [0, 0.1) is 20.8 Å². The van der Waals surface area contributed by atoms with Crippen molar-refractivity contribution >= 4 is 39.4 Å². The van der Waals surface area contributed by atoms with Gasteiger partial charge in [-0.3, -0.25) is 9.10 Å².